The monoisotopic (exact) mass is 313 g/mol. The Labute approximate surface area is 127 Å². The van der Waals surface area contributed by atoms with Crippen molar-refractivity contribution in [2.45, 2.75) is 32.1 Å². The SMILES string of the molecule is NCCCPc1ccccc1.O=C(O)CCCCC(=O)O. The molecule has 0 heterocycles. The van der Waals surface area contributed by atoms with Crippen LogP contribution < -0.4 is 11.0 Å². The maximum absolute atomic E-state index is 9.90. The summed E-state index contributed by atoms with van der Waals surface area (Å²) in [6.45, 7) is 0.819. The van der Waals surface area contributed by atoms with E-state index in [-0.39, 0.29) is 12.8 Å². The number of carboxylic acid groups (broad SMARTS) is 2. The molecule has 0 aromatic heterocycles. The van der Waals surface area contributed by atoms with Crippen molar-refractivity contribution in [1.82, 2.24) is 0 Å². The number of carbonyl (C=O) groups is 2. The smallest absolute Gasteiger partial charge is 0.303 e. The molecule has 0 aliphatic carbocycles. The second-order valence-electron chi connectivity index (χ2n) is 4.43. The molecule has 6 heteroatoms. The second kappa shape index (κ2) is 13.5. The van der Waals surface area contributed by atoms with Crippen molar-refractivity contribution in [3.63, 3.8) is 0 Å². The molecular weight excluding hydrogens is 289 g/mol. The number of hydrogen-bond acceptors (Lipinski definition) is 3. The summed E-state index contributed by atoms with van der Waals surface area (Å²) >= 11 is 0. The lowest BCUT2D eigenvalue weighted by atomic mass is 10.2. The van der Waals surface area contributed by atoms with Crippen LogP contribution in [0.15, 0.2) is 30.3 Å². The Morgan fingerprint density at radius 1 is 0.952 bits per heavy atom. The maximum atomic E-state index is 9.90. The molecule has 1 aromatic carbocycles. The minimum absolute atomic E-state index is 0.0628. The predicted molar refractivity (Wildman–Crippen MR) is 86.7 cm³/mol. The molecule has 1 rings (SSSR count). The molecule has 0 saturated heterocycles. The molecule has 5 nitrogen and oxygen atoms in total. The number of aliphatic carboxylic acids is 2. The van der Waals surface area contributed by atoms with Gasteiger partial charge in [0.1, 0.15) is 0 Å². The highest BCUT2D eigenvalue weighted by Crippen LogP contribution is 2.09. The van der Waals surface area contributed by atoms with Crippen molar-refractivity contribution in [1.29, 1.82) is 0 Å². The average molecular weight is 313 g/mol. The first-order chi connectivity index (χ1) is 10.1. The Balaban J connectivity index is 0.000000384. The van der Waals surface area contributed by atoms with Crippen molar-refractivity contribution >= 4 is 25.8 Å². The van der Waals surface area contributed by atoms with E-state index in [0.29, 0.717) is 12.8 Å². The highest BCUT2D eigenvalue weighted by molar-refractivity contribution is 7.47. The van der Waals surface area contributed by atoms with Gasteiger partial charge in [-0.15, -0.1) is 0 Å². The molecule has 0 amide bonds. The van der Waals surface area contributed by atoms with E-state index in [1.54, 1.807) is 0 Å². The van der Waals surface area contributed by atoms with Crippen LogP contribution in [0.4, 0.5) is 0 Å². The number of rotatable bonds is 9. The highest BCUT2D eigenvalue weighted by Gasteiger charge is 1.99. The van der Waals surface area contributed by atoms with Crippen LogP contribution in [0.5, 0.6) is 0 Å². The molecular formula is C15H24NO4P. The van der Waals surface area contributed by atoms with E-state index in [0.717, 1.165) is 21.5 Å². The molecule has 1 atom stereocenters. The zero-order valence-electron chi connectivity index (χ0n) is 12.1. The Hall–Kier alpha value is -1.45. The summed E-state index contributed by atoms with van der Waals surface area (Å²) in [6.07, 6.45) is 3.40. The van der Waals surface area contributed by atoms with Gasteiger partial charge in [0, 0.05) is 12.8 Å². The topological polar surface area (TPSA) is 101 Å². The van der Waals surface area contributed by atoms with Crippen LogP contribution in [0.1, 0.15) is 32.1 Å². The Kier molecular flexibility index (Phi) is 12.6. The first-order valence-corrected chi connectivity index (χ1v) is 8.19. The normalized spacial score (nSPS) is 10.1. The summed E-state index contributed by atoms with van der Waals surface area (Å²) in [5.74, 6) is -1.74. The van der Waals surface area contributed by atoms with Crippen LogP contribution in [0.3, 0.4) is 0 Å². The Morgan fingerprint density at radius 2 is 1.48 bits per heavy atom. The molecule has 0 fully saturated rings. The van der Waals surface area contributed by atoms with E-state index in [1.807, 2.05) is 0 Å². The fraction of sp³-hybridized carbons (Fsp3) is 0.467. The molecule has 0 radical (unpaired) electrons. The van der Waals surface area contributed by atoms with E-state index in [4.69, 9.17) is 15.9 Å². The van der Waals surface area contributed by atoms with Crippen molar-refractivity contribution < 1.29 is 19.8 Å². The standard InChI is InChI=1S/C9H14NP.C6H10O4/c10-7-4-8-11-9-5-2-1-3-6-9;7-5(8)3-1-2-4-6(9)10/h1-3,5-6,11H,4,7-8,10H2;1-4H2,(H,7,8)(H,9,10). The van der Waals surface area contributed by atoms with Gasteiger partial charge in [-0.2, -0.15) is 0 Å². The predicted octanol–water partition coefficient (Wildman–Crippen LogP) is 2.06. The van der Waals surface area contributed by atoms with E-state index in [9.17, 15) is 9.59 Å². The molecule has 0 aliphatic rings. The zero-order chi connectivity index (χ0) is 15.9. The Morgan fingerprint density at radius 3 is 1.90 bits per heavy atom. The zero-order valence-corrected chi connectivity index (χ0v) is 13.1. The third-order valence-corrected chi connectivity index (χ3v) is 3.86. The lowest BCUT2D eigenvalue weighted by Crippen LogP contribution is -2.01. The molecule has 0 saturated carbocycles. The van der Waals surface area contributed by atoms with Gasteiger partial charge in [-0.3, -0.25) is 9.59 Å². The third kappa shape index (κ3) is 14.8. The van der Waals surface area contributed by atoms with Gasteiger partial charge < -0.3 is 15.9 Å². The summed E-state index contributed by atoms with van der Waals surface area (Å²) in [6, 6.07) is 10.6. The summed E-state index contributed by atoms with van der Waals surface area (Å²) in [5, 5.41) is 17.7. The van der Waals surface area contributed by atoms with Crippen LogP contribution in [0.2, 0.25) is 0 Å². The fourth-order valence-electron chi connectivity index (χ4n) is 1.44. The lowest BCUT2D eigenvalue weighted by molar-refractivity contribution is -0.139. The van der Waals surface area contributed by atoms with Gasteiger partial charge in [0.2, 0.25) is 0 Å². The quantitative estimate of drug-likeness (QED) is 0.478. The highest BCUT2D eigenvalue weighted by atomic mass is 31.1. The molecule has 4 N–H and O–H groups in total. The van der Waals surface area contributed by atoms with Crippen molar-refractivity contribution in [2.75, 3.05) is 12.7 Å². The minimum Gasteiger partial charge on any atom is -0.481 e. The summed E-state index contributed by atoms with van der Waals surface area (Å²) in [7, 11) is 0.931. The van der Waals surface area contributed by atoms with Gasteiger partial charge in [-0.05, 0) is 37.3 Å². The van der Waals surface area contributed by atoms with Gasteiger partial charge in [0.25, 0.3) is 0 Å². The third-order valence-electron chi connectivity index (χ3n) is 2.52. The van der Waals surface area contributed by atoms with Gasteiger partial charge >= 0.3 is 11.9 Å². The Bertz CT molecular complexity index is 382. The maximum Gasteiger partial charge on any atom is 0.303 e. The largest absolute Gasteiger partial charge is 0.481 e. The number of nitrogens with two attached hydrogens (primary N) is 1. The van der Waals surface area contributed by atoms with Crippen LogP contribution in [0.25, 0.3) is 0 Å². The lowest BCUT2D eigenvalue weighted by Gasteiger charge is -1.98. The van der Waals surface area contributed by atoms with Gasteiger partial charge in [0.15, 0.2) is 0 Å². The summed E-state index contributed by atoms with van der Waals surface area (Å²) in [5.41, 5.74) is 5.40. The molecule has 1 aromatic rings. The number of unbranched alkanes of at least 4 members (excludes halogenated alkanes) is 1. The molecule has 0 aliphatic heterocycles. The average Bonchev–Trinajstić information content (AvgIpc) is 2.45. The van der Waals surface area contributed by atoms with E-state index in [2.05, 4.69) is 30.3 Å². The van der Waals surface area contributed by atoms with Crippen LogP contribution in [-0.4, -0.2) is 34.9 Å². The molecule has 1 unspecified atom stereocenters. The summed E-state index contributed by atoms with van der Waals surface area (Å²) in [4.78, 5) is 19.8. The molecule has 21 heavy (non-hydrogen) atoms. The number of hydrogen-bond donors (Lipinski definition) is 3. The van der Waals surface area contributed by atoms with Crippen LogP contribution in [-0.2, 0) is 9.59 Å². The van der Waals surface area contributed by atoms with Crippen molar-refractivity contribution in [3.8, 4) is 0 Å². The fourth-order valence-corrected chi connectivity index (χ4v) is 2.54. The second-order valence-corrected chi connectivity index (χ2v) is 5.86. The first-order valence-electron chi connectivity index (χ1n) is 6.99. The van der Waals surface area contributed by atoms with Gasteiger partial charge in [-0.25, -0.2) is 0 Å². The minimum atomic E-state index is -0.870. The van der Waals surface area contributed by atoms with Gasteiger partial charge in [-0.1, -0.05) is 38.9 Å². The van der Waals surface area contributed by atoms with Crippen LogP contribution >= 0.6 is 8.58 Å². The van der Waals surface area contributed by atoms with E-state index >= 15 is 0 Å². The first kappa shape index (κ1) is 19.6. The van der Waals surface area contributed by atoms with Crippen molar-refractivity contribution in [2.24, 2.45) is 5.73 Å². The molecule has 0 bridgehead atoms. The number of carboxylic acids is 2. The number of benzene rings is 1. The van der Waals surface area contributed by atoms with E-state index in [1.165, 1.54) is 11.5 Å². The van der Waals surface area contributed by atoms with E-state index < -0.39 is 11.9 Å². The van der Waals surface area contributed by atoms with Crippen molar-refractivity contribution in [3.05, 3.63) is 30.3 Å². The van der Waals surface area contributed by atoms with Crippen LogP contribution in [0, 0.1) is 0 Å². The molecule has 118 valence electrons. The van der Waals surface area contributed by atoms with Gasteiger partial charge in [0.05, 0.1) is 0 Å². The molecule has 0 spiro atoms. The summed E-state index contributed by atoms with van der Waals surface area (Å²) < 4.78 is 0.